The van der Waals surface area contributed by atoms with Gasteiger partial charge >= 0.3 is 12.1 Å². The first-order chi connectivity index (χ1) is 9.20. The molecule has 5 nitrogen and oxygen atoms in total. The number of aromatic carboxylic acids is 1. The highest BCUT2D eigenvalue weighted by atomic mass is 19.4. The van der Waals surface area contributed by atoms with Crippen LogP contribution in [-0.2, 0) is 6.18 Å². The second kappa shape index (κ2) is 4.51. The monoisotopic (exact) mass is 289 g/mol. The van der Waals surface area contributed by atoms with Crippen LogP contribution in [0.3, 0.4) is 0 Å². The van der Waals surface area contributed by atoms with Gasteiger partial charge in [0.2, 0.25) is 0 Å². The van der Waals surface area contributed by atoms with Gasteiger partial charge in [-0.25, -0.2) is 13.9 Å². The molecule has 0 saturated carbocycles. The molecule has 0 aliphatic carbocycles. The number of nitrogen functional groups attached to an aromatic ring is 1. The Hall–Kier alpha value is -2.58. The van der Waals surface area contributed by atoms with Crippen molar-refractivity contribution in [3.63, 3.8) is 0 Å². The van der Waals surface area contributed by atoms with E-state index in [9.17, 15) is 22.4 Å². The molecule has 0 amide bonds. The zero-order valence-corrected chi connectivity index (χ0v) is 9.65. The number of nitrogens with two attached hydrogens (primary N) is 1. The highest BCUT2D eigenvalue weighted by Gasteiger charge is 2.32. The van der Waals surface area contributed by atoms with Crippen molar-refractivity contribution in [3.05, 3.63) is 41.5 Å². The minimum absolute atomic E-state index is 0.178. The van der Waals surface area contributed by atoms with Crippen LogP contribution < -0.4 is 5.73 Å². The molecule has 1 heterocycles. The summed E-state index contributed by atoms with van der Waals surface area (Å²) < 4.78 is 51.5. The average Bonchev–Trinajstić information content (AvgIpc) is 2.80. The number of anilines is 1. The fourth-order valence-electron chi connectivity index (χ4n) is 1.54. The van der Waals surface area contributed by atoms with Crippen LogP contribution in [-0.4, -0.2) is 20.9 Å². The van der Waals surface area contributed by atoms with Crippen molar-refractivity contribution in [2.45, 2.75) is 6.18 Å². The smallest absolute Gasteiger partial charge is 0.419 e. The van der Waals surface area contributed by atoms with Crippen LogP contribution in [0.2, 0.25) is 0 Å². The predicted octanol–water partition coefficient (Wildman–Crippen LogP) is 2.31. The van der Waals surface area contributed by atoms with Gasteiger partial charge in [-0.3, -0.25) is 0 Å². The fraction of sp³-hybridized carbons (Fsp3) is 0.0909. The molecule has 0 radical (unpaired) electrons. The summed E-state index contributed by atoms with van der Waals surface area (Å²) in [6, 6.07) is 1.54. The van der Waals surface area contributed by atoms with Gasteiger partial charge in [0.15, 0.2) is 0 Å². The molecule has 0 saturated heterocycles. The van der Waals surface area contributed by atoms with Crippen LogP contribution in [0, 0.1) is 5.82 Å². The molecule has 9 heteroatoms. The quantitative estimate of drug-likeness (QED) is 0.656. The number of carboxylic acid groups (broad SMARTS) is 1. The van der Waals surface area contributed by atoms with E-state index >= 15 is 0 Å². The maximum Gasteiger partial charge on any atom is 0.419 e. The molecule has 0 spiro atoms. The first-order valence-corrected chi connectivity index (χ1v) is 5.14. The van der Waals surface area contributed by atoms with E-state index in [0.717, 1.165) is 10.7 Å². The number of rotatable bonds is 2. The highest BCUT2D eigenvalue weighted by molar-refractivity contribution is 5.90. The lowest BCUT2D eigenvalue weighted by Crippen LogP contribution is -2.07. The van der Waals surface area contributed by atoms with Gasteiger partial charge in [-0.15, -0.1) is 0 Å². The Morgan fingerprint density at radius 2 is 2.00 bits per heavy atom. The van der Waals surface area contributed by atoms with Crippen LogP contribution in [0.25, 0.3) is 5.69 Å². The zero-order chi connectivity index (χ0) is 15.1. The number of benzene rings is 1. The van der Waals surface area contributed by atoms with E-state index in [2.05, 4.69) is 5.10 Å². The van der Waals surface area contributed by atoms with Crippen molar-refractivity contribution in [3.8, 4) is 5.69 Å². The minimum Gasteiger partial charge on any atom is -0.478 e. The topological polar surface area (TPSA) is 81.1 Å². The number of carbonyl (C=O) groups is 1. The number of halogens is 4. The lowest BCUT2D eigenvalue weighted by Gasteiger charge is -2.08. The van der Waals surface area contributed by atoms with Crippen molar-refractivity contribution in [2.24, 2.45) is 0 Å². The largest absolute Gasteiger partial charge is 0.478 e. The van der Waals surface area contributed by atoms with Crippen LogP contribution in [0.1, 0.15) is 15.9 Å². The van der Waals surface area contributed by atoms with Gasteiger partial charge in [-0.1, -0.05) is 0 Å². The molecule has 3 N–H and O–H groups in total. The van der Waals surface area contributed by atoms with Crippen LogP contribution in [0.15, 0.2) is 24.5 Å². The molecule has 0 aliphatic rings. The summed E-state index contributed by atoms with van der Waals surface area (Å²) in [5.74, 6) is -2.65. The van der Waals surface area contributed by atoms with Gasteiger partial charge in [0.25, 0.3) is 0 Å². The third-order valence-corrected chi connectivity index (χ3v) is 2.50. The normalized spacial score (nSPS) is 11.6. The molecular formula is C11H7F4N3O2. The maximum atomic E-state index is 13.5. The van der Waals surface area contributed by atoms with E-state index in [1.165, 1.54) is 0 Å². The van der Waals surface area contributed by atoms with E-state index < -0.39 is 29.1 Å². The second-order valence-electron chi connectivity index (χ2n) is 3.87. The number of hydrogen-bond donors (Lipinski definition) is 2. The number of alkyl halides is 3. The van der Waals surface area contributed by atoms with Crippen LogP contribution >= 0.6 is 0 Å². The molecule has 106 valence electrons. The molecule has 0 aliphatic heterocycles. The molecule has 1 aromatic carbocycles. The Kier molecular flexibility index (Phi) is 3.12. The lowest BCUT2D eigenvalue weighted by atomic mass is 10.1. The molecule has 1 aromatic heterocycles. The standard InChI is InChI=1S/C11H7F4N3O2/c12-7-2-9(8(16)1-6(7)10(19)20)18-4-5(3-17-18)11(13,14)15/h1-4H,16H2,(H,19,20). The SMILES string of the molecule is Nc1cc(C(=O)O)c(F)cc1-n1cc(C(F)(F)F)cn1. The third-order valence-electron chi connectivity index (χ3n) is 2.50. The first kappa shape index (κ1) is 13.8. The number of carboxylic acids is 1. The van der Waals surface area contributed by atoms with Gasteiger partial charge in [-0.2, -0.15) is 18.3 Å². The predicted molar refractivity (Wildman–Crippen MR) is 59.9 cm³/mol. The van der Waals surface area contributed by atoms with E-state index in [-0.39, 0.29) is 11.4 Å². The average molecular weight is 289 g/mol. The number of hydrogen-bond acceptors (Lipinski definition) is 3. The number of nitrogens with zero attached hydrogens (tertiary/aromatic N) is 2. The van der Waals surface area contributed by atoms with Crippen molar-refractivity contribution >= 4 is 11.7 Å². The Balaban J connectivity index is 2.51. The molecule has 0 fully saturated rings. The Bertz CT molecular complexity index is 679. The summed E-state index contributed by atoms with van der Waals surface area (Å²) in [7, 11) is 0. The van der Waals surface area contributed by atoms with E-state index in [1.807, 2.05) is 0 Å². The zero-order valence-electron chi connectivity index (χ0n) is 9.65. The molecular weight excluding hydrogens is 282 g/mol. The summed E-state index contributed by atoms with van der Waals surface area (Å²) in [6.45, 7) is 0. The maximum absolute atomic E-state index is 13.5. The second-order valence-corrected chi connectivity index (χ2v) is 3.87. The summed E-state index contributed by atoms with van der Waals surface area (Å²) in [6.07, 6.45) is -3.40. The molecule has 0 bridgehead atoms. The van der Waals surface area contributed by atoms with E-state index in [0.29, 0.717) is 18.5 Å². The van der Waals surface area contributed by atoms with Crippen molar-refractivity contribution in [2.75, 3.05) is 5.73 Å². The Morgan fingerprint density at radius 1 is 1.35 bits per heavy atom. The Morgan fingerprint density at radius 3 is 2.50 bits per heavy atom. The van der Waals surface area contributed by atoms with Gasteiger partial charge in [0.1, 0.15) is 5.82 Å². The molecule has 0 atom stereocenters. The van der Waals surface area contributed by atoms with E-state index in [4.69, 9.17) is 10.8 Å². The van der Waals surface area contributed by atoms with Crippen molar-refractivity contribution in [1.29, 1.82) is 0 Å². The summed E-state index contributed by atoms with van der Waals surface area (Å²) in [4.78, 5) is 10.7. The van der Waals surface area contributed by atoms with Crippen LogP contribution in [0.4, 0.5) is 23.2 Å². The van der Waals surface area contributed by atoms with Crippen LogP contribution in [0.5, 0.6) is 0 Å². The third kappa shape index (κ3) is 2.42. The molecule has 2 aromatic rings. The summed E-state index contributed by atoms with van der Waals surface area (Å²) in [5.41, 5.74) is 3.42. The lowest BCUT2D eigenvalue weighted by molar-refractivity contribution is -0.137. The number of aromatic nitrogens is 2. The Labute approximate surface area is 109 Å². The first-order valence-electron chi connectivity index (χ1n) is 5.14. The van der Waals surface area contributed by atoms with Crippen molar-refractivity contribution < 1.29 is 27.5 Å². The highest BCUT2D eigenvalue weighted by Crippen LogP contribution is 2.30. The summed E-state index contributed by atoms with van der Waals surface area (Å²) >= 11 is 0. The minimum atomic E-state index is -4.59. The van der Waals surface area contributed by atoms with E-state index in [1.54, 1.807) is 0 Å². The molecule has 20 heavy (non-hydrogen) atoms. The van der Waals surface area contributed by atoms with Gasteiger partial charge in [-0.05, 0) is 6.07 Å². The summed E-state index contributed by atoms with van der Waals surface area (Å²) in [5, 5.41) is 12.1. The molecule has 0 unspecified atom stereocenters. The molecule has 2 rings (SSSR count). The van der Waals surface area contributed by atoms with Gasteiger partial charge in [0.05, 0.1) is 28.7 Å². The fourth-order valence-corrected chi connectivity index (χ4v) is 1.54. The van der Waals surface area contributed by atoms with Gasteiger partial charge < -0.3 is 10.8 Å². The van der Waals surface area contributed by atoms with Crippen molar-refractivity contribution in [1.82, 2.24) is 9.78 Å². The van der Waals surface area contributed by atoms with Gasteiger partial charge in [0, 0.05) is 12.3 Å².